The van der Waals surface area contributed by atoms with Gasteiger partial charge in [-0.05, 0) is 35.9 Å². The molecule has 2 atom stereocenters. The maximum Gasteiger partial charge on any atom is 0.417 e. The molecule has 0 saturated heterocycles. The van der Waals surface area contributed by atoms with E-state index in [9.17, 15) is 17.6 Å². The van der Waals surface area contributed by atoms with Crippen LogP contribution in [-0.4, -0.2) is 9.97 Å². The van der Waals surface area contributed by atoms with Crippen LogP contribution in [0.3, 0.4) is 0 Å². The fourth-order valence-corrected chi connectivity index (χ4v) is 2.98. The zero-order valence-corrected chi connectivity index (χ0v) is 15.0. The molecule has 0 bridgehead atoms. The Balaban J connectivity index is 1.90. The van der Waals surface area contributed by atoms with Crippen molar-refractivity contribution in [3.63, 3.8) is 0 Å². The highest BCUT2D eigenvalue weighted by Crippen LogP contribution is 2.36. The van der Waals surface area contributed by atoms with E-state index in [1.165, 1.54) is 48.8 Å². The second-order valence-electron chi connectivity index (χ2n) is 6.12. The minimum absolute atomic E-state index is 0.349. The number of rotatable bonds is 4. The molecule has 28 heavy (non-hydrogen) atoms. The van der Waals surface area contributed by atoms with Crippen LogP contribution in [0.1, 0.15) is 28.9 Å². The summed E-state index contributed by atoms with van der Waals surface area (Å²) in [5.41, 5.74) is 13.1. The fourth-order valence-electron chi connectivity index (χ4n) is 2.69. The van der Waals surface area contributed by atoms with Gasteiger partial charge in [-0.3, -0.25) is 0 Å². The van der Waals surface area contributed by atoms with Gasteiger partial charge in [0.05, 0.1) is 34.1 Å². The SMILES string of the molecule is NC(c1ccc(F)cc1)C(N)c1cc(-c2ccc(C(F)(F)F)c(Cl)c2)ncn1. The summed E-state index contributed by atoms with van der Waals surface area (Å²) in [7, 11) is 0. The van der Waals surface area contributed by atoms with Gasteiger partial charge in [0.15, 0.2) is 0 Å². The van der Waals surface area contributed by atoms with Crippen molar-refractivity contribution in [2.75, 3.05) is 0 Å². The van der Waals surface area contributed by atoms with Crippen molar-refractivity contribution in [3.05, 3.63) is 82.5 Å². The lowest BCUT2D eigenvalue weighted by molar-refractivity contribution is -0.137. The van der Waals surface area contributed by atoms with Crippen molar-refractivity contribution in [2.45, 2.75) is 18.3 Å². The van der Waals surface area contributed by atoms with E-state index >= 15 is 0 Å². The van der Waals surface area contributed by atoms with Crippen LogP contribution in [0.25, 0.3) is 11.3 Å². The molecule has 0 spiro atoms. The van der Waals surface area contributed by atoms with E-state index < -0.39 is 34.7 Å². The molecular formula is C19H15ClF4N4. The largest absolute Gasteiger partial charge is 0.417 e. The van der Waals surface area contributed by atoms with Gasteiger partial charge >= 0.3 is 6.18 Å². The zero-order valence-electron chi connectivity index (χ0n) is 14.3. The molecule has 3 rings (SSSR count). The Hall–Kier alpha value is -2.55. The van der Waals surface area contributed by atoms with Crippen LogP contribution in [0.2, 0.25) is 5.02 Å². The lowest BCUT2D eigenvalue weighted by atomic mass is 9.97. The number of benzene rings is 2. The van der Waals surface area contributed by atoms with Crippen LogP contribution >= 0.6 is 11.6 Å². The predicted octanol–water partition coefficient (Wildman–Crippen LogP) is 4.65. The van der Waals surface area contributed by atoms with Gasteiger partial charge in [-0.25, -0.2) is 14.4 Å². The van der Waals surface area contributed by atoms with Crippen LogP contribution in [0.15, 0.2) is 54.9 Å². The van der Waals surface area contributed by atoms with Crippen LogP contribution in [-0.2, 0) is 6.18 Å². The van der Waals surface area contributed by atoms with Crippen molar-refractivity contribution in [1.82, 2.24) is 9.97 Å². The molecule has 0 saturated carbocycles. The first-order valence-corrected chi connectivity index (χ1v) is 8.50. The third kappa shape index (κ3) is 4.30. The molecule has 3 aromatic rings. The molecule has 4 N–H and O–H groups in total. The Morgan fingerprint density at radius 2 is 1.57 bits per heavy atom. The number of halogens is 5. The van der Waals surface area contributed by atoms with E-state index in [-0.39, 0.29) is 0 Å². The highest BCUT2D eigenvalue weighted by Gasteiger charge is 2.33. The van der Waals surface area contributed by atoms with Gasteiger partial charge in [-0.15, -0.1) is 0 Å². The van der Waals surface area contributed by atoms with E-state index in [0.29, 0.717) is 22.5 Å². The summed E-state index contributed by atoms with van der Waals surface area (Å²) in [5, 5.41) is -0.433. The average Bonchev–Trinajstić information content (AvgIpc) is 2.66. The molecule has 1 heterocycles. The number of hydrogen-bond acceptors (Lipinski definition) is 4. The average molecular weight is 411 g/mol. The van der Waals surface area contributed by atoms with Crippen molar-refractivity contribution in [1.29, 1.82) is 0 Å². The lowest BCUT2D eigenvalue weighted by Gasteiger charge is -2.20. The Bertz CT molecular complexity index is 976. The molecule has 0 amide bonds. The van der Waals surface area contributed by atoms with Crippen molar-refractivity contribution in [2.24, 2.45) is 11.5 Å². The third-order valence-electron chi connectivity index (χ3n) is 4.24. The Morgan fingerprint density at radius 1 is 0.893 bits per heavy atom. The van der Waals surface area contributed by atoms with Gasteiger partial charge < -0.3 is 11.5 Å². The summed E-state index contributed by atoms with van der Waals surface area (Å²) >= 11 is 5.77. The molecule has 2 unspecified atom stereocenters. The maximum absolute atomic E-state index is 13.1. The minimum atomic E-state index is -4.54. The first-order valence-electron chi connectivity index (χ1n) is 8.12. The molecule has 0 aliphatic heterocycles. The van der Waals surface area contributed by atoms with Crippen molar-refractivity contribution in [3.8, 4) is 11.3 Å². The molecular weight excluding hydrogens is 396 g/mol. The molecule has 0 radical (unpaired) electrons. The number of hydrogen-bond donors (Lipinski definition) is 2. The van der Waals surface area contributed by atoms with Crippen molar-refractivity contribution >= 4 is 11.6 Å². The molecule has 0 aliphatic rings. The molecule has 9 heteroatoms. The summed E-state index contributed by atoms with van der Waals surface area (Å²) in [6, 6.07) is 9.08. The predicted molar refractivity (Wildman–Crippen MR) is 97.7 cm³/mol. The maximum atomic E-state index is 13.1. The zero-order chi connectivity index (χ0) is 20.5. The van der Waals surface area contributed by atoms with Crippen LogP contribution in [0.5, 0.6) is 0 Å². The summed E-state index contributed by atoms with van der Waals surface area (Å²) in [6.07, 6.45) is -3.30. The minimum Gasteiger partial charge on any atom is -0.322 e. The quantitative estimate of drug-likeness (QED) is 0.613. The first-order chi connectivity index (χ1) is 13.2. The monoisotopic (exact) mass is 410 g/mol. The van der Waals surface area contributed by atoms with Crippen LogP contribution in [0, 0.1) is 5.82 Å². The molecule has 4 nitrogen and oxygen atoms in total. The summed E-state index contributed by atoms with van der Waals surface area (Å²) < 4.78 is 51.7. The van der Waals surface area contributed by atoms with Gasteiger partial charge in [0.1, 0.15) is 12.1 Å². The first kappa shape index (κ1) is 20.2. The molecule has 2 aromatic carbocycles. The van der Waals surface area contributed by atoms with E-state index in [0.717, 1.165) is 6.07 Å². The molecule has 1 aromatic heterocycles. The van der Waals surface area contributed by atoms with Gasteiger partial charge in [-0.2, -0.15) is 13.2 Å². The topological polar surface area (TPSA) is 77.8 Å². The van der Waals surface area contributed by atoms with Gasteiger partial charge in [-0.1, -0.05) is 29.8 Å². The molecule has 0 fully saturated rings. The highest BCUT2D eigenvalue weighted by atomic mass is 35.5. The summed E-state index contributed by atoms with van der Waals surface area (Å²) in [4.78, 5) is 8.18. The molecule has 146 valence electrons. The van der Waals surface area contributed by atoms with E-state index in [1.54, 1.807) is 0 Å². The number of nitrogens with two attached hydrogens (primary N) is 2. The van der Waals surface area contributed by atoms with Crippen LogP contribution < -0.4 is 11.5 Å². The smallest absolute Gasteiger partial charge is 0.322 e. The van der Waals surface area contributed by atoms with E-state index in [4.69, 9.17) is 23.1 Å². The highest BCUT2D eigenvalue weighted by molar-refractivity contribution is 6.31. The van der Waals surface area contributed by atoms with Gasteiger partial charge in [0.2, 0.25) is 0 Å². The summed E-state index contributed by atoms with van der Waals surface area (Å²) in [5.74, 6) is -0.395. The van der Waals surface area contributed by atoms with Crippen LogP contribution in [0.4, 0.5) is 17.6 Å². The second kappa shape index (κ2) is 7.83. The van der Waals surface area contributed by atoms with Gasteiger partial charge in [0.25, 0.3) is 0 Å². The van der Waals surface area contributed by atoms with Crippen molar-refractivity contribution < 1.29 is 17.6 Å². The molecule has 0 aliphatic carbocycles. The number of nitrogens with zero attached hydrogens (tertiary/aromatic N) is 2. The van der Waals surface area contributed by atoms with E-state index in [1.807, 2.05) is 0 Å². The Labute approximate surface area is 163 Å². The second-order valence-corrected chi connectivity index (χ2v) is 6.53. The normalized spacial score (nSPS) is 14.0. The Morgan fingerprint density at radius 3 is 2.18 bits per heavy atom. The number of aromatic nitrogens is 2. The summed E-state index contributed by atoms with van der Waals surface area (Å²) in [6.45, 7) is 0. The standard InChI is InChI=1S/C19H15ClF4N4/c20-14-7-11(3-6-13(14)19(22,23)24)15-8-16(28-9-27-15)18(26)17(25)10-1-4-12(21)5-2-10/h1-9,17-18H,25-26H2. The lowest BCUT2D eigenvalue weighted by Crippen LogP contribution is -2.27. The fraction of sp³-hybridized carbons (Fsp3) is 0.158. The third-order valence-corrected chi connectivity index (χ3v) is 4.55. The number of alkyl halides is 3. The van der Waals surface area contributed by atoms with Gasteiger partial charge in [0, 0.05) is 5.56 Å². The Kier molecular flexibility index (Phi) is 5.64. The van der Waals surface area contributed by atoms with E-state index in [2.05, 4.69) is 9.97 Å².